The normalized spacial score (nSPS) is 27.3. The fourth-order valence-corrected chi connectivity index (χ4v) is 3.39. The molecule has 1 aliphatic rings. The Kier molecular flexibility index (Phi) is 5.12. The van der Waals surface area contributed by atoms with Crippen molar-refractivity contribution in [2.24, 2.45) is 11.8 Å². The molecule has 1 aromatic rings. The standard InChI is InChI=1S/C16H24ClNO/c1-11-7-12(2)9-14(8-11)19-16-13(10-18-3)5-4-6-15(16)17/h4-6,11-12,14,18H,7-10H2,1-3H3. The van der Waals surface area contributed by atoms with Crippen molar-refractivity contribution >= 4 is 11.6 Å². The monoisotopic (exact) mass is 281 g/mol. The molecule has 2 nitrogen and oxygen atoms in total. The van der Waals surface area contributed by atoms with E-state index in [9.17, 15) is 0 Å². The zero-order valence-corrected chi connectivity index (χ0v) is 12.8. The van der Waals surface area contributed by atoms with Crippen molar-refractivity contribution in [1.29, 1.82) is 0 Å². The molecule has 2 unspecified atom stereocenters. The van der Waals surface area contributed by atoms with Crippen LogP contribution in [0.2, 0.25) is 5.02 Å². The maximum absolute atomic E-state index is 6.30. The third kappa shape index (κ3) is 3.87. The van der Waals surface area contributed by atoms with E-state index in [1.54, 1.807) is 0 Å². The molecule has 0 aromatic heterocycles. The average molecular weight is 282 g/mol. The number of benzene rings is 1. The third-order valence-corrected chi connectivity index (χ3v) is 4.13. The number of hydrogen-bond acceptors (Lipinski definition) is 2. The smallest absolute Gasteiger partial charge is 0.142 e. The molecule has 1 aliphatic carbocycles. The molecule has 106 valence electrons. The number of hydrogen-bond donors (Lipinski definition) is 1. The van der Waals surface area contributed by atoms with Crippen LogP contribution in [0.4, 0.5) is 0 Å². The van der Waals surface area contributed by atoms with Crippen LogP contribution >= 0.6 is 11.6 Å². The second-order valence-corrected chi connectivity index (χ2v) is 6.32. The van der Waals surface area contributed by atoms with Crippen molar-refractivity contribution in [2.75, 3.05) is 7.05 Å². The summed E-state index contributed by atoms with van der Waals surface area (Å²) in [5, 5.41) is 3.89. The van der Waals surface area contributed by atoms with Gasteiger partial charge in [-0.2, -0.15) is 0 Å². The molecule has 0 saturated heterocycles. The Morgan fingerprint density at radius 1 is 1.21 bits per heavy atom. The molecule has 1 saturated carbocycles. The number of para-hydroxylation sites is 1. The summed E-state index contributed by atoms with van der Waals surface area (Å²) in [6.07, 6.45) is 3.88. The first-order chi connectivity index (χ1) is 9.10. The topological polar surface area (TPSA) is 21.3 Å². The van der Waals surface area contributed by atoms with Crippen LogP contribution in [-0.4, -0.2) is 13.2 Å². The molecule has 1 aromatic carbocycles. The minimum absolute atomic E-state index is 0.300. The lowest BCUT2D eigenvalue weighted by Crippen LogP contribution is -2.29. The molecule has 19 heavy (non-hydrogen) atoms. The molecule has 0 amide bonds. The van der Waals surface area contributed by atoms with Gasteiger partial charge in [-0.15, -0.1) is 0 Å². The molecular formula is C16H24ClNO. The number of halogens is 1. The summed E-state index contributed by atoms with van der Waals surface area (Å²) in [6.45, 7) is 5.41. The summed E-state index contributed by atoms with van der Waals surface area (Å²) >= 11 is 6.30. The predicted molar refractivity (Wildman–Crippen MR) is 80.8 cm³/mol. The molecule has 0 radical (unpaired) electrons. The van der Waals surface area contributed by atoms with Gasteiger partial charge in [-0.25, -0.2) is 0 Å². The molecule has 2 rings (SSSR count). The average Bonchev–Trinajstić information content (AvgIpc) is 2.32. The van der Waals surface area contributed by atoms with Crippen LogP contribution in [0.15, 0.2) is 18.2 Å². The SMILES string of the molecule is CNCc1cccc(Cl)c1OC1CC(C)CC(C)C1. The highest BCUT2D eigenvalue weighted by Gasteiger charge is 2.26. The van der Waals surface area contributed by atoms with Gasteiger partial charge in [0.1, 0.15) is 5.75 Å². The van der Waals surface area contributed by atoms with Gasteiger partial charge in [0.25, 0.3) is 0 Å². The maximum Gasteiger partial charge on any atom is 0.142 e. The van der Waals surface area contributed by atoms with E-state index in [1.165, 1.54) is 6.42 Å². The number of ether oxygens (including phenoxy) is 1. The van der Waals surface area contributed by atoms with Gasteiger partial charge in [-0.3, -0.25) is 0 Å². The van der Waals surface area contributed by atoms with Gasteiger partial charge in [-0.05, 0) is 44.2 Å². The third-order valence-electron chi connectivity index (χ3n) is 3.84. The van der Waals surface area contributed by atoms with Crippen LogP contribution in [-0.2, 0) is 6.54 Å². The van der Waals surface area contributed by atoms with E-state index in [1.807, 2.05) is 19.2 Å². The Labute approximate surface area is 121 Å². The van der Waals surface area contributed by atoms with Crippen LogP contribution in [0.3, 0.4) is 0 Å². The van der Waals surface area contributed by atoms with E-state index < -0.39 is 0 Å². The van der Waals surface area contributed by atoms with Crippen LogP contribution in [0.5, 0.6) is 5.75 Å². The Balaban J connectivity index is 2.13. The Morgan fingerprint density at radius 3 is 2.53 bits per heavy atom. The second-order valence-electron chi connectivity index (χ2n) is 5.92. The Morgan fingerprint density at radius 2 is 1.89 bits per heavy atom. The lowest BCUT2D eigenvalue weighted by atomic mass is 9.82. The summed E-state index contributed by atoms with van der Waals surface area (Å²) in [5.74, 6) is 2.35. The lowest BCUT2D eigenvalue weighted by molar-refractivity contribution is 0.100. The van der Waals surface area contributed by atoms with Gasteiger partial charge in [0.2, 0.25) is 0 Å². The highest BCUT2D eigenvalue weighted by molar-refractivity contribution is 6.32. The molecule has 3 heteroatoms. The summed E-state index contributed by atoms with van der Waals surface area (Å²) < 4.78 is 6.24. The fraction of sp³-hybridized carbons (Fsp3) is 0.625. The summed E-state index contributed by atoms with van der Waals surface area (Å²) in [6, 6.07) is 5.97. The quantitative estimate of drug-likeness (QED) is 0.890. The molecule has 1 fully saturated rings. The van der Waals surface area contributed by atoms with Crippen molar-refractivity contribution in [2.45, 2.75) is 45.8 Å². The van der Waals surface area contributed by atoms with Crippen molar-refractivity contribution in [3.8, 4) is 5.75 Å². The molecule has 0 aliphatic heterocycles. The second kappa shape index (κ2) is 6.62. The fourth-order valence-electron chi connectivity index (χ4n) is 3.15. The summed E-state index contributed by atoms with van der Waals surface area (Å²) in [5.41, 5.74) is 1.14. The highest BCUT2D eigenvalue weighted by Crippen LogP contribution is 2.35. The summed E-state index contributed by atoms with van der Waals surface area (Å²) in [4.78, 5) is 0. The zero-order valence-electron chi connectivity index (χ0n) is 12.1. The van der Waals surface area contributed by atoms with Crippen molar-refractivity contribution in [3.63, 3.8) is 0 Å². The van der Waals surface area contributed by atoms with E-state index in [0.29, 0.717) is 6.10 Å². The maximum atomic E-state index is 6.30. The first-order valence-electron chi connectivity index (χ1n) is 7.18. The van der Waals surface area contributed by atoms with Gasteiger partial charge in [0.15, 0.2) is 0 Å². The van der Waals surface area contributed by atoms with Crippen molar-refractivity contribution in [1.82, 2.24) is 5.32 Å². The van der Waals surface area contributed by atoms with Crippen LogP contribution in [0, 0.1) is 11.8 Å². The Hall–Kier alpha value is -0.730. The van der Waals surface area contributed by atoms with Crippen molar-refractivity contribution < 1.29 is 4.74 Å². The number of nitrogens with one attached hydrogen (secondary N) is 1. The molecule has 1 N–H and O–H groups in total. The highest BCUT2D eigenvalue weighted by atomic mass is 35.5. The molecule has 2 atom stereocenters. The van der Waals surface area contributed by atoms with Crippen molar-refractivity contribution in [3.05, 3.63) is 28.8 Å². The predicted octanol–water partition coefficient (Wildman–Crippen LogP) is 4.26. The largest absolute Gasteiger partial charge is 0.489 e. The van der Waals surface area contributed by atoms with Gasteiger partial charge in [0.05, 0.1) is 11.1 Å². The van der Waals surface area contributed by atoms with Crippen LogP contribution in [0.25, 0.3) is 0 Å². The van der Waals surface area contributed by atoms with Gasteiger partial charge < -0.3 is 10.1 Å². The first kappa shape index (κ1) is 14.7. The van der Waals surface area contributed by atoms with E-state index in [0.717, 1.165) is 47.6 Å². The zero-order chi connectivity index (χ0) is 13.8. The van der Waals surface area contributed by atoms with E-state index in [-0.39, 0.29) is 0 Å². The molecule has 0 bridgehead atoms. The first-order valence-corrected chi connectivity index (χ1v) is 7.56. The summed E-state index contributed by atoms with van der Waals surface area (Å²) in [7, 11) is 1.94. The van der Waals surface area contributed by atoms with E-state index in [2.05, 4.69) is 25.2 Å². The number of rotatable bonds is 4. The van der Waals surface area contributed by atoms with Gasteiger partial charge in [0, 0.05) is 12.1 Å². The molecule has 0 heterocycles. The minimum Gasteiger partial charge on any atom is -0.489 e. The molecule has 0 spiro atoms. The lowest BCUT2D eigenvalue weighted by Gasteiger charge is -2.32. The minimum atomic E-state index is 0.300. The molecular weight excluding hydrogens is 258 g/mol. The van der Waals surface area contributed by atoms with E-state index in [4.69, 9.17) is 16.3 Å². The van der Waals surface area contributed by atoms with Crippen LogP contribution in [0.1, 0.15) is 38.7 Å². The van der Waals surface area contributed by atoms with E-state index >= 15 is 0 Å². The Bertz CT molecular complexity index is 411. The van der Waals surface area contributed by atoms with Gasteiger partial charge in [-0.1, -0.05) is 37.6 Å². The van der Waals surface area contributed by atoms with Crippen LogP contribution < -0.4 is 10.1 Å². The van der Waals surface area contributed by atoms with Gasteiger partial charge >= 0.3 is 0 Å².